The molecule has 19 heavy (non-hydrogen) atoms. The molecule has 1 fully saturated rings. The van der Waals surface area contributed by atoms with Gasteiger partial charge in [0.1, 0.15) is 5.82 Å². The first-order chi connectivity index (χ1) is 9.25. The molecule has 1 aromatic heterocycles. The lowest BCUT2D eigenvalue weighted by atomic mass is 10.1. The number of H-pyrrole nitrogens is 1. The van der Waals surface area contributed by atoms with Gasteiger partial charge >= 0.3 is 0 Å². The smallest absolute Gasteiger partial charge is 0.254 e. The van der Waals surface area contributed by atoms with Crippen LogP contribution < -0.4 is 5.56 Å². The zero-order chi connectivity index (χ0) is 13.2. The first-order valence-electron chi connectivity index (χ1n) is 6.49. The number of ether oxygens (including phenoxy) is 1. The molecule has 0 aliphatic carbocycles. The fourth-order valence-corrected chi connectivity index (χ4v) is 2.37. The van der Waals surface area contributed by atoms with Gasteiger partial charge in [0.25, 0.3) is 5.56 Å². The van der Waals surface area contributed by atoms with E-state index in [1.165, 1.54) is 0 Å². The van der Waals surface area contributed by atoms with Crippen LogP contribution in [0.5, 0.6) is 0 Å². The van der Waals surface area contributed by atoms with E-state index in [1.807, 2.05) is 37.3 Å². The largest absolute Gasteiger partial charge is 0.381 e. The van der Waals surface area contributed by atoms with Crippen molar-refractivity contribution in [3.63, 3.8) is 0 Å². The summed E-state index contributed by atoms with van der Waals surface area (Å²) < 4.78 is 5.37. The number of benzene rings is 1. The minimum absolute atomic E-state index is 0.0595. The monoisotopic (exact) mass is 256 g/mol. The van der Waals surface area contributed by atoms with E-state index in [0.29, 0.717) is 12.2 Å². The Morgan fingerprint density at radius 3 is 2.79 bits per heavy atom. The summed E-state index contributed by atoms with van der Waals surface area (Å²) in [6, 6.07) is 9.82. The number of hydrogen-bond donors (Lipinski definition) is 1. The molecule has 0 radical (unpaired) electrons. The summed E-state index contributed by atoms with van der Waals surface area (Å²) in [5.41, 5.74) is 2.35. The number of aromatic amines is 1. The number of hydrogen-bond acceptors (Lipinski definition) is 3. The Morgan fingerprint density at radius 2 is 2.11 bits per heavy atom. The maximum absolute atomic E-state index is 12.1. The summed E-state index contributed by atoms with van der Waals surface area (Å²) in [4.78, 5) is 19.6. The van der Waals surface area contributed by atoms with Crippen LogP contribution >= 0.6 is 0 Å². The molecule has 1 atom stereocenters. The number of aromatic nitrogens is 2. The van der Waals surface area contributed by atoms with E-state index in [1.54, 1.807) is 0 Å². The molecule has 1 aromatic carbocycles. The molecular weight excluding hydrogens is 240 g/mol. The van der Waals surface area contributed by atoms with E-state index < -0.39 is 0 Å². The van der Waals surface area contributed by atoms with Gasteiger partial charge in [0.2, 0.25) is 0 Å². The topological polar surface area (TPSA) is 55.0 Å². The maximum Gasteiger partial charge on any atom is 0.254 e. The quantitative estimate of drug-likeness (QED) is 0.896. The minimum Gasteiger partial charge on any atom is -0.381 e. The van der Waals surface area contributed by atoms with Crippen molar-refractivity contribution in [2.24, 2.45) is 0 Å². The van der Waals surface area contributed by atoms with Gasteiger partial charge in [0.05, 0.1) is 12.3 Å². The van der Waals surface area contributed by atoms with Crippen molar-refractivity contribution in [3.05, 3.63) is 52.1 Å². The molecule has 98 valence electrons. The average Bonchev–Trinajstić information content (AvgIpc) is 2.97. The Hall–Kier alpha value is -1.94. The third-order valence-electron chi connectivity index (χ3n) is 3.53. The van der Waals surface area contributed by atoms with Crippen molar-refractivity contribution < 1.29 is 4.74 Å². The molecule has 0 amide bonds. The summed E-state index contributed by atoms with van der Waals surface area (Å²) in [6.07, 6.45) is 0.917. The van der Waals surface area contributed by atoms with Crippen molar-refractivity contribution in [2.45, 2.75) is 19.3 Å². The van der Waals surface area contributed by atoms with E-state index in [0.717, 1.165) is 30.1 Å². The van der Waals surface area contributed by atoms with Gasteiger partial charge < -0.3 is 9.72 Å². The van der Waals surface area contributed by atoms with Crippen molar-refractivity contribution in [1.82, 2.24) is 9.97 Å². The Labute approximate surface area is 111 Å². The third-order valence-corrected chi connectivity index (χ3v) is 3.53. The van der Waals surface area contributed by atoms with Crippen LogP contribution in [0, 0.1) is 6.92 Å². The Bertz CT molecular complexity index is 628. The minimum atomic E-state index is -0.0595. The first kappa shape index (κ1) is 12.1. The summed E-state index contributed by atoms with van der Waals surface area (Å²) in [5, 5.41) is 0. The zero-order valence-electron chi connectivity index (χ0n) is 10.8. The fourth-order valence-electron chi connectivity index (χ4n) is 2.37. The molecule has 2 heterocycles. The van der Waals surface area contributed by atoms with Crippen LogP contribution in [0.1, 0.15) is 23.7 Å². The average molecular weight is 256 g/mol. The van der Waals surface area contributed by atoms with Crippen LogP contribution in [0.2, 0.25) is 0 Å². The second-order valence-electron chi connectivity index (χ2n) is 4.85. The highest BCUT2D eigenvalue weighted by molar-refractivity contribution is 5.62. The van der Waals surface area contributed by atoms with Crippen LogP contribution in [-0.2, 0) is 4.74 Å². The molecule has 1 aliphatic heterocycles. The fraction of sp³-hybridized carbons (Fsp3) is 0.333. The zero-order valence-corrected chi connectivity index (χ0v) is 10.8. The molecular formula is C15H16N2O2. The van der Waals surface area contributed by atoms with Crippen LogP contribution in [0.25, 0.3) is 11.3 Å². The van der Waals surface area contributed by atoms with Gasteiger partial charge in [-0.25, -0.2) is 4.98 Å². The molecule has 4 nitrogen and oxygen atoms in total. The van der Waals surface area contributed by atoms with E-state index >= 15 is 0 Å². The molecule has 2 aromatic rings. The molecule has 0 bridgehead atoms. The normalized spacial score (nSPS) is 18.7. The summed E-state index contributed by atoms with van der Waals surface area (Å²) >= 11 is 0. The van der Waals surface area contributed by atoms with Crippen molar-refractivity contribution in [1.29, 1.82) is 0 Å². The number of nitrogens with one attached hydrogen (secondary N) is 1. The Kier molecular flexibility index (Phi) is 3.17. The molecule has 1 aliphatic rings. The predicted molar refractivity (Wildman–Crippen MR) is 73.2 cm³/mol. The van der Waals surface area contributed by atoms with Crippen molar-refractivity contribution in [2.75, 3.05) is 13.2 Å². The third kappa shape index (κ3) is 2.31. The summed E-state index contributed by atoms with van der Waals surface area (Å²) in [6.45, 7) is 3.19. The lowest BCUT2D eigenvalue weighted by Crippen LogP contribution is -2.18. The Balaban J connectivity index is 2.11. The molecule has 3 rings (SSSR count). The summed E-state index contributed by atoms with van der Waals surface area (Å²) in [7, 11) is 0. The van der Waals surface area contributed by atoms with Gasteiger partial charge in [-0.1, -0.05) is 30.3 Å². The number of nitrogens with zero attached hydrogens (tertiary/aromatic N) is 1. The van der Waals surface area contributed by atoms with Crippen LogP contribution in [0.4, 0.5) is 0 Å². The predicted octanol–water partition coefficient (Wildman–Crippen LogP) is 2.25. The molecule has 1 N–H and O–H groups in total. The second kappa shape index (κ2) is 4.97. The highest BCUT2D eigenvalue weighted by Gasteiger charge is 2.21. The highest BCUT2D eigenvalue weighted by atomic mass is 16.5. The maximum atomic E-state index is 12.1. The van der Waals surface area contributed by atoms with E-state index in [2.05, 4.69) is 9.97 Å². The van der Waals surface area contributed by atoms with Crippen molar-refractivity contribution in [3.8, 4) is 11.3 Å². The van der Waals surface area contributed by atoms with Crippen LogP contribution in [0.3, 0.4) is 0 Å². The van der Waals surface area contributed by atoms with E-state index in [4.69, 9.17) is 4.74 Å². The van der Waals surface area contributed by atoms with E-state index in [-0.39, 0.29) is 11.5 Å². The van der Waals surface area contributed by atoms with Gasteiger partial charge in [-0.15, -0.1) is 0 Å². The summed E-state index contributed by atoms with van der Waals surface area (Å²) in [5.74, 6) is 0.947. The number of rotatable bonds is 2. The van der Waals surface area contributed by atoms with Gasteiger partial charge in [0.15, 0.2) is 0 Å². The SMILES string of the molecule is Cc1c(-c2ccccc2)nc(C2CCOC2)[nH]c1=O. The molecule has 0 saturated carbocycles. The molecule has 0 spiro atoms. The van der Waals surface area contributed by atoms with E-state index in [9.17, 15) is 4.79 Å². The van der Waals surface area contributed by atoms with Gasteiger partial charge in [-0.2, -0.15) is 0 Å². The van der Waals surface area contributed by atoms with Crippen LogP contribution in [-0.4, -0.2) is 23.2 Å². The van der Waals surface area contributed by atoms with Gasteiger partial charge in [-0.05, 0) is 13.3 Å². The molecule has 4 heteroatoms. The molecule has 1 saturated heterocycles. The van der Waals surface area contributed by atoms with Gasteiger partial charge in [0, 0.05) is 23.7 Å². The Morgan fingerprint density at radius 1 is 1.32 bits per heavy atom. The second-order valence-corrected chi connectivity index (χ2v) is 4.85. The van der Waals surface area contributed by atoms with Crippen molar-refractivity contribution >= 4 is 0 Å². The lowest BCUT2D eigenvalue weighted by molar-refractivity contribution is 0.193. The standard InChI is InChI=1S/C15H16N2O2/c1-10-13(11-5-3-2-4-6-11)16-14(17-15(10)18)12-7-8-19-9-12/h2-6,12H,7-9H2,1H3,(H,16,17,18). The first-order valence-corrected chi connectivity index (χ1v) is 6.49. The van der Waals surface area contributed by atoms with Crippen LogP contribution in [0.15, 0.2) is 35.1 Å². The highest BCUT2D eigenvalue weighted by Crippen LogP contribution is 2.24. The van der Waals surface area contributed by atoms with Gasteiger partial charge in [-0.3, -0.25) is 4.79 Å². The molecule has 1 unspecified atom stereocenters. The lowest BCUT2D eigenvalue weighted by Gasteiger charge is -2.11.